The van der Waals surface area contributed by atoms with Crippen molar-refractivity contribution in [2.24, 2.45) is 0 Å². The average molecular weight is 154 g/mol. The maximum absolute atomic E-state index is 10.3. The first-order valence-electron chi connectivity index (χ1n) is 3.08. The zero-order valence-corrected chi connectivity index (χ0v) is 6.07. The summed E-state index contributed by atoms with van der Waals surface area (Å²) in [5.41, 5.74) is 0.115. The molecule has 0 unspecified atom stereocenters. The number of hydrogen-bond donors (Lipinski definition) is 1. The van der Waals surface area contributed by atoms with Crippen LogP contribution in [0.1, 0.15) is 5.69 Å². The van der Waals surface area contributed by atoms with E-state index >= 15 is 0 Å². The summed E-state index contributed by atoms with van der Waals surface area (Å²) in [7, 11) is 1.42. The Hall–Kier alpha value is -1.29. The van der Waals surface area contributed by atoms with Gasteiger partial charge in [-0.05, 0) is 0 Å². The second-order valence-electron chi connectivity index (χ2n) is 1.95. The van der Waals surface area contributed by atoms with Gasteiger partial charge in [0.2, 0.25) is 0 Å². The molecule has 0 amide bonds. The van der Waals surface area contributed by atoms with Crippen LogP contribution >= 0.6 is 0 Å². The van der Waals surface area contributed by atoms with Gasteiger partial charge >= 0.3 is 0 Å². The van der Waals surface area contributed by atoms with Crippen LogP contribution in [0.15, 0.2) is 12.3 Å². The molecular formula is C7H8NO3. The zero-order chi connectivity index (χ0) is 8.27. The van der Waals surface area contributed by atoms with Gasteiger partial charge in [-0.2, -0.15) is 0 Å². The minimum atomic E-state index is -0.539. The molecule has 0 bridgehead atoms. The van der Waals surface area contributed by atoms with Crippen molar-refractivity contribution in [3.05, 3.63) is 18.0 Å². The topological polar surface area (TPSA) is 62.2 Å². The van der Waals surface area contributed by atoms with Gasteiger partial charge in [0.1, 0.15) is 12.3 Å². The minimum absolute atomic E-state index is 0.115. The monoisotopic (exact) mass is 154 g/mol. The van der Waals surface area contributed by atoms with Gasteiger partial charge < -0.3 is 9.84 Å². The molecule has 0 saturated heterocycles. The van der Waals surface area contributed by atoms with Crippen molar-refractivity contribution < 1.29 is 14.9 Å². The smallest absolute Gasteiger partial charge is 0.182 e. The van der Waals surface area contributed by atoms with Crippen molar-refractivity contribution in [1.82, 2.24) is 4.98 Å². The molecule has 0 spiro atoms. The maximum atomic E-state index is 10.3. The Bertz CT molecular complexity index is 227. The summed E-state index contributed by atoms with van der Waals surface area (Å²) in [6.07, 6.45) is 1.42. The van der Waals surface area contributed by atoms with Gasteiger partial charge in [0.15, 0.2) is 11.5 Å². The lowest BCUT2D eigenvalue weighted by Crippen LogP contribution is -1.91. The fourth-order valence-electron chi connectivity index (χ4n) is 0.748. The first-order chi connectivity index (χ1) is 5.29. The average Bonchev–Trinajstić information content (AvgIpc) is 2.05. The number of hydrogen-bond acceptors (Lipinski definition) is 3. The third-order valence-corrected chi connectivity index (χ3v) is 1.32. The van der Waals surface area contributed by atoms with E-state index in [9.17, 15) is 10.2 Å². The van der Waals surface area contributed by atoms with Gasteiger partial charge in [0.05, 0.1) is 7.11 Å². The van der Waals surface area contributed by atoms with Crippen LogP contribution in [0, 0.1) is 0 Å². The van der Waals surface area contributed by atoms with Gasteiger partial charge in [-0.3, -0.25) is 4.98 Å². The fraction of sp³-hybridized carbons (Fsp3) is 0.286. The number of aromatic nitrogens is 1. The Labute approximate surface area is 64.1 Å². The summed E-state index contributed by atoms with van der Waals surface area (Å²) in [5, 5.41) is 19.5. The molecule has 1 heterocycles. The summed E-state index contributed by atoms with van der Waals surface area (Å²) >= 11 is 0. The number of ether oxygens (including phenoxy) is 1. The predicted octanol–water partition coefficient (Wildman–Crippen LogP) is 0.726. The molecule has 0 aliphatic rings. The van der Waals surface area contributed by atoms with Crippen molar-refractivity contribution in [3.63, 3.8) is 0 Å². The van der Waals surface area contributed by atoms with Gasteiger partial charge in [-0.1, -0.05) is 0 Å². The number of rotatable bonds is 2. The van der Waals surface area contributed by atoms with Crippen LogP contribution in [-0.2, 0) is 11.7 Å². The molecule has 59 valence electrons. The van der Waals surface area contributed by atoms with E-state index in [0.717, 1.165) is 0 Å². The van der Waals surface area contributed by atoms with E-state index in [1.807, 2.05) is 0 Å². The second kappa shape index (κ2) is 3.21. The van der Waals surface area contributed by atoms with Crippen molar-refractivity contribution in [1.29, 1.82) is 0 Å². The van der Waals surface area contributed by atoms with Crippen LogP contribution in [0.3, 0.4) is 0 Å². The molecule has 1 aromatic heterocycles. The Morgan fingerprint density at radius 1 is 1.73 bits per heavy atom. The molecule has 0 fully saturated rings. The van der Waals surface area contributed by atoms with Gasteiger partial charge in [0, 0.05) is 12.3 Å². The quantitative estimate of drug-likeness (QED) is 0.682. The third-order valence-electron chi connectivity index (χ3n) is 1.32. The Balaban J connectivity index is 3.10. The van der Waals surface area contributed by atoms with Crippen LogP contribution in [-0.4, -0.2) is 17.2 Å². The van der Waals surface area contributed by atoms with Gasteiger partial charge in [0.25, 0.3) is 0 Å². The van der Waals surface area contributed by atoms with Crippen LogP contribution in [0.2, 0.25) is 0 Å². The molecule has 1 N–H and O–H groups in total. The Kier molecular flexibility index (Phi) is 2.28. The molecule has 1 rings (SSSR count). The number of pyridine rings is 1. The van der Waals surface area contributed by atoms with Crippen LogP contribution in [0.4, 0.5) is 0 Å². The molecule has 1 aromatic rings. The summed E-state index contributed by atoms with van der Waals surface area (Å²) in [4.78, 5) is 3.66. The molecule has 0 aliphatic carbocycles. The maximum Gasteiger partial charge on any atom is 0.182 e. The van der Waals surface area contributed by atoms with E-state index < -0.39 is 6.61 Å². The lowest BCUT2D eigenvalue weighted by atomic mass is 10.3. The minimum Gasteiger partial charge on any atom is -0.503 e. The molecule has 0 atom stereocenters. The third kappa shape index (κ3) is 1.40. The second-order valence-corrected chi connectivity index (χ2v) is 1.95. The molecule has 1 radical (unpaired) electrons. The number of nitrogens with zero attached hydrogens (tertiary/aromatic N) is 1. The standard InChI is InChI=1S/C7H8NO3/c1-11-6-2-3-8-5(4-9)7(6)10/h2-3,10H,4H2,1H3. The summed E-state index contributed by atoms with van der Waals surface area (Å²) in [5.74, 6) is 0.121. The highest BCUT2D eigenvalue weighted by Gasteiger charge is 2.06. The van der Waals surface area contributed by atoms with Gasteiger partial charge in [-0.25, -0.2) is 5.11 Å². The van der Waals surface area contributed by atoms with Gasteiger partial charge in [-0.15, -0.1) is 0 Å². The highest BCUT2D eigenvalue weighted by atomic mass is 16.5. The molecule has 0 saturated carbocycles. The van der Waals surface area contributed by atoms with Crippen molar-refractivity contribution in [3.8, 4) is 11.5 Å². The Morgan fingerprint density at radius 2 is 2.45 bits per heavy atom. The molecule has 4 nitrogen and oxygen atoms in total. The van der Waals surface area contributed by atoms with E-state index in [-0.39, 0.29) is 17.2 Å². The first-order valence-corrected chi connectivity index (χ1v) is 3.08. The largest absolute Gasteiger partial charge is 0.503 e. The summed E-state index contributed by atoms with van der Waals surface area (Å²) in [6.45, 7) is -0.539. The molecule has 4 heteroatoms. The first kappa shape index (κ1) is 7.81. The van der Waals surface area contributed by atoms with Crippen LogP contribution < -0.4 is 4.74 Å². The van der Waals surface area contributed by atoms with Crippen molar-refractivity contribution in [2.75, 3.05) is 7.11 Å². The van der Waals surface area contributed by atoms with E-state index in [1.165, 1.54) is 19.4 Å². The molecule has 0 aliphatic heterocycles. The van der Waals surface area contributed by atoms with E-state index in [0.29, 0.717) is 0 Å². The van der Waals surface area contributed by atoms with E-state index in [4.69, 9.17) is 4.74 Å². The normalized spacial score (nSPS) is 9.64. The number of methoxy groups -OCH3 is 1. The lowest BCUT2D eigenvalue weighted by Gasteiger charge is -2.03. The highest BCUT2D eigenvalue weighted by molar-refractivity contribution is 5.40. The fourth-order valence-corrected chi connectivity index (χ4v) is 0.748. The lowest BCUT2D eigenvalue weighted by molar-refractivity contribution is 0.169. The van der Waals surface area contributed by atoms with Crippen LogP contribution in [0.25, 0.3) is 0 Å². The predicted molar refractivity (Wildman–Crippen MR) is 36.8 cm³/mol. The van der Waals surface area contributed by atoms with E-state index in [2.05, 4.69) is 4.98 Å². The zero-order valence-electron chi connectivity index (χ0n) is 6.07. The molecular weight excluding hydrogens is 146 g/mol. The molecule has 11 heavy (non-hydrogen) atoms. The number of aromatic hydroxyl groups is 1. The molecule has 0 aromatic carbocycles. The summed E-state index contributed by atoms with van der Waals surface area (Å²) in [6, 6.07) is 1.49. The van der Waals surface area contributed by atoms with Crippen molar-refractivity contribution >= 4 is 0 Å². The SMILES string of the molecule is COc1ccnc(C[O])c1O. The van der Waals surface area contributed by atoms with Crippen molar-refractivity contribution in [2.45, 2.75) is 6.61 Å². The van der Waals surface area contributed by atoms with E-state index in [1.54, 1.807) is 0 Å². The highest BCUT2D eigenvalue weighted by Crippen LogP contribution is 2.27. The summed E-state index contributed by atoms with van der Waals surface area (Å²) < 4.78 is 4.76. The van der Waals surface area contributed by atoms with Crippen LogP contribution in [0.5, 0.6) is 11.5 Å². The Morgan fingerprint density at radius 3 is 3.00 bits per heavy atom.